The van der Waals surface area contributed by atoms with E-state index in [2.05, 4.69) is 9.97 Å². The third-order valence-electron chi connectivity index (χ3n) is 6.78. The smallest absolute Gasteiger partial charge is 0.200 e. The van der Waals surface area contributed by atoms with Gasteiger partial charge in [-0.2, -0.15) is 5.10 Å². The van der Waals surface area contributed by atoms with Gasteiger partial charge in [-0.15, -0.1) is 0 Å². The minimum atomic E-state index is -0.624. The van der Waals surface area contributed by atoms with E-state index in [4.69, 9.17) is 20.0 Å². The Balaban J connectivity index is 1.59. The summed E-state index contributed by atoms with van der Waals surface area (Å²) in [6.07, 6.45) is 2.25. The minimum Gasteiger partial charge on any atom is -0.494 e. The van der Waals surface area contributed by atoms with E-state index in [1.54, 1.807) is 41.1 Å². The fraction of sp³-hybridized carbons (Fsp3) is 0.161. The predicted molar refractivity (Wildman–Crippen MR) is 153 cm³/mol. The molecule has 0 aliphatic carbocycles. The predicted octanol–water partition coefficient (Wildman–Crippen LogP) is 6.39. The zero-order chi connectivity index (χ0) is 27.8. The average Bonchev–Trinajstić information content (AvgIpc) is 3.37. The number of fused-ring (bicyclic) bond motifs is 2. The molecule has 6 aromatic rings. The van der Waals surface area contributed by atoms with Gasteiger partial charge in [0, 0.05) is 5.56 Å². The van der Waals surface area contributed by atoms with Gasteiger partial charge in [0.25, 0.3) is 0 Å². The van der Waals surface area contributed by atoms with Crippen LogP contribution < -0.4 is 15.9 Å². The highest BCUT2D eigenvalue weighted by Gasteiger charge is 2.27. The van der Waals surface area contributed by atoms with Gasteiger partial charge < -0.3 is 14.9 Å². The van der Waals surface area contributed by atoms with Crippen molar-refractivity contribution in [1.29, 1.82) is 0 Å². The number of ether oxygens (including phenoxy) is 1. The zero-order valence-electron chi connectivity index (χ0n) is 22.0. The largest absolute Gasteiger partial charge is 0.494 e. The first kappa shape index (κ1) is 25.2. The third-order valence-corrected chi connectivity index (χ3v) is 6.78. The maximum atomic E-state index is 14.3. The second-order valence-electron chi connectivity index (χ2n) is 9.48. The monoisotopic (exact) mass is 535 g/mol. The summed E-state index contributed by atoms with van der Waals surface area (Å²) in [5.41, 5.74) is 8.98. The molecule has 0 fully saturated rings. The maximum Gasteiger partial charge on any atom is 0.200 e. The lowest BCUT2D eigenvalue weighted by molar-refractivity contribution is 0.317. The van der Waals surface area contributed by atoms with Gasteiger partial charge in [-0.05, 0) is 55.3 Å². The Morgan fingerprint density at radius 2 is 1.82 bits per heavy atom. The number of benzene rings is 3. The van der Waals surface area contributed by atoms with Crippen LogP contribution in [-0.2, 0) is 0 Å². The third kappa shape index (κ3) is 4.35. The van der Waals surface area contributed by atoms with Gasteiger partial charge in [-0.25, -0.2) is 19.0 Å². The Bertz CT molecular complexity index is 1930. The van der Waals surface area contributed by atoms with E-state index in [9.17, 15) is 9.18 Å². The molecule has 0 aliphatic heterocycles. The molecule has 0 spiro atoms. The van der Waals surface area contributed by atoms with Gasteiger partial charge in [0.05, 0.1) is 22.9 Å². The van der Waals surface area contributed by atoms with Crippen molar-refractivity contribution in [1.82, 2.24) is 19.7 Å². The molecular weight excluding hydrogens is 509 g/mol. The first-order chi connectivity index (χ1) is 19.5. The van der Waals surface area contributed by atoms with Crippen molar-refractivity contribution in [3.05, 3.63) is 101 Å². The summed E-state index contributed by atoms with van der Waals surface area (Å²) in [6, 6.07) is 19.9. The van der Waals surface area contributed by atoms with Crippen LogP contribution in [0.15, 0.2) is 88.3 Å². The summed E-state index contributed by atoms with van der Waals surface area (Å²) < 4.78 is 28.2. The highest BCUT2D eigenvalue weighted by molar-refractivity contribution is 5.98. The van der Waals surface area contributed by atoms with Crippen LogP contribution in [0.1, 0.15) is 32.1 Å². The standard InChI is InChI=1S/C31H26FN5O3/c1-3-14-39-22-11-7-9-20(16-22)27-26-30(33)34-17-35-31(26)37(36-27)18(2)29-25(19-8-6-10-21(32)15-19)28(38)23-12-4-5-13-24(23)40-29/h4-13,15-18H,3,14H2,1-2H3,(H2,33,34,35). The molecule has 6 rings (SSSR count). The first-order valence-electron chi connectivity index (χ1n) is 13.0. The number of aromatic nitrogens is 4. The SMILES string of the molecule is CCCOc1cccc(-c2nn(C(C)c3oc4ccccc4c(=O)c3-c3cccc(F)c3)c3ncnc(N)c23)c1. The van der Waals surface area contributed by atoms with E-state index in [0.29, 0.717) is 51.4 Å². The normalized spacial score (nSPS) is 12.2. The van der Waals surface area contributed by atoms with Gasteiger partial charge in [-0.3, -0.25) is 4.79 Å². The van der Waals surface area contributed by atoms with Crippen LogP contribution in [0.4, 0.5) is 10.2 Å². The molecule has 0 aliphatic rings. The number of nitrogens with zero attached hydrogens (tertiary/aromatic N) is 4. The summed E-state index contributed by atoms with van der Waals surface area (Å²) in [6.45, 7) is 4.48. The lowest BCUT2D eigenvalue weighted by atomic mass is 9.99. The minimum absolute atomic E-state index is 0.257. The molecule has 9 heteroatoms. The number of nitrogen functional groups attached to an aromatic ring is 1. The van der Waals surface area contributed by atoms with Crippen molar-refractivity contribution < 1.29 is 13.5 Å². The fourth-order valence-corrected chi connectivity index (χ4v) is 4.90. The molecule has 0 amide bonds. The molecule has 1 unspecified atom stereocenters. The fourth-order valence-electron chi connectivity index (χ4n) is 4.90. The van der Waals surface area contributed by atoms with E-state index < -0.39 is 11.9 Å². The second kappa shape index (κ2) is 10.3. The number of rotatable bonds is 7. The van der Waals surface area contributed by atoms with Crippen molar-refractivity contribution in [3.8, 4) is 28.1 Å². The molecule has 0 bridgehead atoms. The van der Waals surface area contributed by atoms with Crippen molar-refractivity contribution in [2.75, 3.05) is 12.3 Å². The number of anilines is 1. The van der Waals surface area contributed by atoms with Crippen LogP contribution in [0.3, 0.4) is 0 Å². The summed E-state index contributed by atoms with van der Waals surface area (Å²) in [5, 5.41) is 5.89. The summed E-state index contributed by atoms with van der Waals surface area (Å²) in [5.74, 6) is 0.840. The number of hydrogen-bond acceptors (Lipinski definition) is 7. The molecule has 0 saturated heterocycles. The van der Waals surface area contributed by atoms with Gasteiger partial charge in [0.1, 0.15) is 46.8 Å². The average molecular weight is 536 g/mol. The Hall–Kier alpha value is -5.05. The number of hydrogen-bond donors (Lipinski definition) is 1. The maximum absolute atomic E-state index is 14.3. The first-order valence-corrected chi connectivity index (χ1v) is 13.0. The topological polar surface area (TPSA) is 109 Å². The summed E-state index contributed by atoms with van der Waals surface area (Å²) in [7, 11) is 0. The van der Waals surface area contributed by atoms with Crippen LogP contribution in [0, 0.1) is 5.82 Å². The van der Waals surface area contributed by atoms with Gasteiger partial charge in [0.2, 0.25) is 5.43 Å². The molecule has 3 aromatic carbocycles. The van der Waals surface area contributed by atoms with Crippen molar-refractivity contribution in [2.24, 2.45) is 0 Å². The lowest BCUT2D eigenvalue weighted by Crippen LogP contribution is -2.16. The number of para-hydroxylation sites is 1. The van der Waals surface area contributed by atoms with Gasteiger partial charge in [-0.1, -0.05) is 43.3 Å². The zero-order valence-corrected chi connectivity index (χ0v) is 22.0. The number of nitrogens with two attached hydrogens (primary N) is 1. The highest BCUT2D eigenvalue weighted by Crippen LogP contribution is 2.37. The van der Waals surface area contributed by atoms with Crippen molar-refractivity contribution in [2.45, 2.75) is 26.3 Å². The molecule has 0 radical (unpaired) electrons. The Labute approximate surface area is 228 Å². The molecule has 200 valence electrons. The van der Waals surface area contributed by atoms with E-state index in [0.717, 1.165) is 12.0 Å². The molecule has 0 saturated carbocycles. The van der Waals surface area contributed by atoms with E-state index in [1.807, 2.05) is 38.1 Å². The summed E-state index contributed by atoms with van der Waals surface area (Å²) >= 11 is 0. The molecule has 3 aromatic heterocycles. The van der Waals surface area contributed by atoms with Gasteiger partial charge in [0.15, 0.2) is 5.65 Å². The van der Waals surface area contributed by atoms with E-state index >= 15 is 0 Å². The van der Waals surface area contributed by atoms with Crippen LogP contribution in [-0.4, -0.2) is 26.4 Å². The summed E-state index contributed by atoms with van der Waals surface area (Å²) in [4.78, 5) is 22.5. The molecular formula is C31H26FN5O3. The Kier molecular flexibility index (Phi) is 6.47. The van der Waals surface area contributed by atoms with E-state index in [1.165, 1.54) is 18.5 Å². The molecule has 3 heterocycles. The Morgan fingerprint density at radius 1 is 1.02 bits per heavy atom. The number of halogens is 1. The lowest BCUT2D eigenvalue weighted by Gasteiger charge is -2.17. The van der Waals surface area contributed by atoms with E-state index in [-0.39, 0.29) is 16.8 Å². The molecule has 1 atom stereocenters. The quantitative estimate of drug-likeness (QED) is 0.252. The van der Waals surface area contributed by atoms with Crippen LogP contribution in [0.2, 0.25) is 0 Å². The van der Waals surface area contributed by atoms with Gasteiger partial charge >= 0.3 is 0 Å². The van der Waals surface area contributed by atoms with Crippen molar-refractivity contribution in [3.63, 3.8) is 0 Å². The molecule has 40 heavy (non-hydrogen) atoms. The molecule has 8 nitrogen and oxygen atoms in total. The van der Waals surface area contributed by atoms with Crippen molar-refractivity contribution >= 4 is 27.8 Å². The molecule has 2 N–H and O–H groups in total. The van der Waals surface area contributed by atoms with Crippen LogP contribution in [0.25, 0.3) is 44.4 Å². The van der Waals surface area contributed by atoms with Crippen LogP contribution >= 0.6 is 0 Å². The Morgan fingerprint density at radius 3 is 2.65 bits per heavy atom. The van der Waals surface area contributed by atoms with Crippen LogP contribution in [0.5, 0.6) is 5.75 Å². The second-order valence-corrected chi connectivity index (χ2v) is 9.48. The highest BCUT2D eigenvalue weighted by atomic mass is 19.1.